The predicted octanol–water partition coefficient (Wildman–Crippen LogP) is 0.470. The second-order valence-electron chi connectivity index (χ2n) is 2.31. The van der Waals surface area contributed by atoms with Crippen LogP contribution in [0.5, 0.6) is 0 Å². The first-order valence-corrected chi connectivity index (χ1v) is 5.04. The predicted molar refractivity (Wildman–Crippen MR) is 50.2 cm³/mol. The summed E-state index contributed by atoms with van der Waals surface area (Å²) >= 11 is 0. The minimum absolute atomic E-state index is 0. The number of hydrogen-bond donors (Lipinski definition) is 1. The van der Waals surface area contributed by atoms with Crippen molar-refractivity contribution in [1.82, 2.24) is 0 Å². The van der Waals surface area contributed by atoms with Crippen LogP contribution in [0.25, 0.3) is 0 Å². The molecular formula is C6H16CaO4S. The van der Waals surface area contributed by atoms with Crippen LogP contribution >= 0.6 is 0 Å². The molecule has 0 amide bonds. The van der Waals surface area contributed by atoms with Crippen molar-refractivity contribution in [3.8, 4) is 0 Å². The van der Waals surface area contributed by atoms with Gasteiger partial charge in [-0.15, -0.1) is 0 Å². The fourth-order valence-electron chi connectivity index (χ4n) is 0.693. The molecule has 12 heavy (non-hydrogen) atoms. The Morgan fingerprint density at radius 2 is 1.83 bits per heavy atom. The van der Waals surface area contributed by atoms with E-state index in [9.17, 15) is 8.42 Å². The Kier molecular flexibility index (Phi) is 11.3. The first-order valence-electron chi connectivity index (χ1n) is 3.68. The quantitative estimate of drug-likeness (QED) is 0.405. The zero-order valence-corrected chi connectivity index (χ0v) is 7.43. The topological polar surface area (TPSA) is 63.6 Å². The molecule has 0 aliphatic heterocycles. The molecule has 0 atom stereocenters. The van der Waals surface area contributed by atoms with Crippen molar-refractivity contribution < 1.29 is 17.2 Å². The summed E-state index contributed by atoms with van der Waals surface area (Å²) in [5.41, 5.74) is 0. The van der Waals surface area contributed by atoms with E-state index in [1.165, 1.54) is 0 Å². The second kappa shape index (κ2) is 8.72. The molecule has 4 nitrogen and oxygen atoms in total. The molecule has 0 saturated heterocycles. The molecule has 0 fully saturated rings. The van der Waals surface area contributed by atoms with Gasteiger partial charge in [0.15, 0.2) is 0 Å². The summed E-state index contributed by atoms with van der Waals surface area (Å²) in [4.78, 5) is 0. The number of unbranched alkanes of at least 4 members (excludes halogenated alkanes) is 3. The van der Waals surface area contributed by atoms with E-state index in [0.29, 0.717) is 6.42 Å². The Balaban J connectivity index is 0. The molecule has 0 radical (unpaired) electrons. The zero-order valence-electron chi connectivity index (χ0n) is 6.62. The molecule has 0 heterocycles. The minimum atomic E-state index is -4.21. The van der Waals surface area contributed by atoms with Gasteiger partial charge in [0.05, 0.1) is 6.61 Å². The fourth-order valence-corrected chi connectivity index (χ4v) is 1.02. The summed E-state index contributed by atoms with van der Waals surface area (Å²) in [5, 5.41) is 0. The summed E-state index contributed by atoms with van der Waals surface area (Å²) in [5.74, 6) is 0. The van der Waals surface area contributed by atoms with Gasteiger partial charge in [-0.25, -0.2) is 4.18 Å². The first kappa shape index (κ1) is 15.6. The second-order valence-corrected chi connectivity index (χ2v) is 3.40. The first-order chi connectivity index (χ1) is 5.06. The number of hydrogen-bond acceptors (Lipinski definition) is 3. The molecule has 0 saturated carbocycles. The van der Waals surface area contributed by atoms with Crippen molar-refractivity contribution in [2.24, 2.45) is 0 Å². The molecule has 0 unspecified atom stereocenters. The van der Waals surface area contributed by atoms with Crippen molar-refractivity contribution in [2.45, 2.75) is 32.6 Å². The van der Waals surface area contributed by atoms with Crippen LogP contribution in [0, 0.1) is 0 Å². The molecule has 72 valence electrons. The average molecular weight is 224 g/mol. The Hall–Kier alpha value is 1.13. The molecule has 0 rings (SSSR count). The van der Waals surface area contributed by atoms with E-state index in [-0.39, 0.29) is 44.3 Å². The summed E-state index contributed by atoms with van der Waals surface area (Å²) in [6.45, 7) is 2.14. The molecular weight excluding hydrogens is 208 g/mol. The third-order valence-electron chi connectivity index (χ3n) is 1.23. The molecule has 0 aromatic heterocycles. The molecule has 0 aliphatic rings. The monoisotopic (exact) mass is 224 g/mol. The van der Waals surface area contributed by atoms with Crippen LogP contribution < -0.4 is 0 Å². The van der Waals surface area contributed by atoms with Crippen LogP contribution in [0.15, 0.2) is 0 Å². The van der Waals surface area contributed by atoms with E-state index in [0.717, 1.165) is 19.3 Å². The normalized spacial score (nSPS) is 10.8. The zero-order chi connectivity index (χ0) is 8.74. The summed E-state index contributed by atoms with van der Waals surface area (Å²) in [7, 11) is -4.21. The summed E-state index contributed by atoms with van der Waals surface area (Å²) < 4.78 is 32.2. The molecule has 0 bridgehead atoms. The van der Waals surface area contributed by atoms with Crippen LogP contribution in [-0.4, -0.2) is 57.3 Å². The van der Waals surface area contributed by atoms with Crippen LogP contribution in [-0.2, 0) is 14.6 Å². The van der Waals surface area contributed by atoms with E-state index in [4.69, 9.17) is 4.55 Å². The van der Waals surface area contributed by atoms with Gasteiger partial charge in [-0.05, 0) is 6.42 Å². The molecule has 0 aromatic carbocycles. The van der Waals surface area contributed by atoms with Gasteiger partial charge in [0.1, 0.15) is 0 Å². The molecule has 1 N–H and O–H groups in total. The Labute approximate surface area is 104 Å². The summed E-state index contributed by atoms with van der Waals surface area (Å²) in [6.07, 6.45) is 3.76. The van der Waals surface area contributed by atoms with Gasteiger partial charge in [0.2, 0.25) is 0 Å². The Bertz CT molecular complexity index is 178. The van der Waals surface area contributed by atoms with E-state index in [1.54, 1.807) is 0 Å². The third kappa shape index (κ3) is 13.7. The number of rotatable bonds is 6. The van der Waals surface area contributed by atoms with Gasteiger partial charge < -0.3 is 0 Å². The molecule has 0 spiro atoms. The van der Waals surface area contributed by atoms with Crippen LogP contribution in [0.3, 0.4) is 0 Å². The van der Waals surface area contributed by atoms with Gasteiger partial charge >= 0.3 is 48.1 Å². The van der Waals surface area contributed by atoms with E-state index < -0.39 is 10.4 Å². The van der Waals surface area contributed by atoms with Gasteiger partial charge in [-0.2, -0.15) is 8.42 Å². The van der Waals surface area contributed by atoms with Crippen LogP contribution in [0.1, 0.15) is 32.6 Å². The van der Waals surface area contributed by atoms with Gasteiger partial charge in [0, 0.05) is 0 Å². The maximum absolute atomic E-state index is 10.00. The van der Waals surface area contributed by atoms with Gasteiger partial charge in [-0.3, -0.25) is 4.55 Å². The van der Waals surface area contributed by atoms with Gasteiger partial charge in [0.25, 0.3) is 0 Å². The van der Waals surface area contributed by atoms with E-state index in [1.807, 2.05) is 0 Å². The van der Waals surface area contributed by atoms with Crippen molar-refractivity contribution >= 4 is 48.1 Å². The fraction of sp³-hybridized carbons (Fsp3) is 1.00. The Morgan fingerprint density at radius 3 is 2.25 bits per heavy atom. The van der Waals surface area contributed by atoms with Crippen molar-refractivity contribution in [3.63, 3.8) is 0 Å². The van der Waals surface area contributed by atoms with Crippen molar-refractivity contribution in [1.29, 1.82) is 0 Å². The van der Waals surface area contributed by atoms with Crippen molar-refractivity contribution in [3.05, 3.63) is 0 Å². The van der Waals surface area contributed by atoms with Gasteiger partial charge in [-0.1, -0.05) is 26.2 Å². The van der Waals surface area contributed by atoms with Crippen molar-refractivity contribution in [2.75, 3.05) is 6.61 Å². The molecule has 0 aliphatic carbocycles. The third-order valence-corrected chi connectivity index (χ3v) is 1.69. The SMILES string of the molecule is CCCCCCOS(=O)(=O)O.[CaH2]. The molecule has 0 aromatic rings. The van der Waals surface area contributed by atoms with Crippen LogP contribution in [0.4, 0.5) is 0 Å². The standard InChI is InChI=1S/C6H14O4S.Ca.2H/c1-2-3-4-5-6-10-11(7,8)9;;;/h2-6H2,1H3,(H,7,8,9);;;. The Morgan fingerprint density at radius 1 is 1.25 bits per heavy atom. The maximum atomic E-state index is 10.00. The average Bonchev–Trinajstić information content (AvgIpc) is 1.85. The summed E-state index contributed by atoms with van der Waals surface area (Å²) in [6, 6.07) is 0. The van der Waals surface area contributed by atoms with Crippen LogP contribution in [0.2, 0.25) is 0 Å². The molecule has 6 heteroatoms. The van der Waals surface area contributed by atoms with E-state index >= 15 is 0 Å². The van der Waals surface area contributed by atoms with E-state index in [2.05, 4.69) is 11.1 Å².